The van der Waals surface area contributed by atoms with Crippen LogP contribution in [0.5, 0.6) is 11.5 Å². The smallest absolute Gasteiger partial charge is 0.340 e. The maximum absolute atomic E-state index is 12.7. The molecule has 28 heavy (non-hydrogen) atoms. The van der Waals surface area contributed by atoms with Crippen LogP contribution in [0.1, 0.15) is 32.3 Å². The average molecular weight is 391 g/mol. The number of carbonyl (C=O) groups excluding carboxylic acids is 2. The molecule has 1 aliphatic rings. The van der Waals surface area contributed by atoms with Gasteiger partial charge in [-0.2, -0.15) is 0 Å². The molecule has 0 aromatic heterocycles. The highest BCUT2D eigenvalue weighted by molar-refractivity contribution is 5.99. The van der Waals surface area contributed by atoms with Gasteiger partial charge in [0, 0.05) is 11.6 Å². The summed E-state index contributed by atoms with van der Waals surface area (Å²) in [6.07, 6.45) is 0. The lowest BCUT2D eigenvalue weighted by atomic mass is 9.82. The van der Waals surface area contributed by atoms with E-state index in [0.717, 1.165) is 0 Å². The summed E-state index contributed by atoms with van der Waals surface area (Å²) < 4.78 is 26.5. The van der Waals surface area contributed by atoms with E-state index in [9.17, 15) is 9.59 Å². The van der Waals surface area contributed by atoms with Gasteiger partial charge in [0.15, 0.2) is 0 Å². The Balaban J connectivity index is 2.73. The van der Waals surface area contributed by atoms with E-state index in [0.29, 0.717) is 17.1 Å². The number of allylic oxidation sites excluding steroid dienone is 1. The lowest BCUT2D eigenvalue weighted by Crippen LogP contribution is -2.30. The zero-order valence-electron chi connectivity index (χ0n) is 16.7. The highest BCUT2D eigenvalue weighted by atomic mass is 16.5. The Labute approximate surface area is 163 Å². The van der Waals surface area contributed by atoms with E-state index in [1.807, 2.05) is 0 Å². The van der Waals surface area contributed by atoms with Crippen LogP contribution in [0.25, 0.3) is 0 Å². The van der Waals surface area contributed by atoms with Crippen molar-refractivity contribution >= 4 is 11.9 Å². The second-order valence-corrected chi connectivity index (χ2v) is 5.83. The Morgan fingerprint density at radius 1 is 1.04 bits per heavy atom. The van der Waals surface area contributed by atoms with Crippen LogP contribution >= 0.6 is 0 Å². The summed E-state index contributed by atoms with van der Waals surface area (Å²) in [5.74, 6) is -1.10. The minimum absolute atomic E-state index is 0.0129. The molecule has 0 aliphatic carbocycles. The van der Waals surface area contributed by atoms with Crippen LogP contribution in [0, 0.1) is 0 Å². The predicted molar refractivity (Wildman–Crippen MR) is 101 cm³/mol. The lowest BCUT2D eigenvalue weighted by Gasteiger charge is -2.29. The normalized spacial score (nSPS) is 16.4. The molecule has 0 saturated carbocycles. The quantitative estimate of drug-likeness (QED) is 0.706. The van der Waals surface area contributed by atoms with Gasteiger partial charge < -0.3 is 29.4 Å². The van der Waals surface area contributed by atoms with Gasteiger partial charge in [0.05, 0.1) is 38.9 Å². The molecule has 0 amide bonds. The fraction of sp³-hybridized carbons (Fsp3) is 0.400. The molecule has 0 bridgehead atoms. The van der Waals surface area contributed by atoms with Gasteiger partial charge in [0.25, 0.3) is 0 Å². The fourth-order valence-corrected chi connectivity index (χ4v) is 3.03. The number of methoxy groups -OCH3 is 2. The third-order valence-electron chi connectivity index (χ3n) is 4.23. The van der Waals surface area contributed by atoms with Gasteiger partial charge in [0.2, 0.25) is 5.88 Å². The number of nitrogens with two attached hydrogens (primary N) is 1. The topological polar surface area (TPSA) is 106 Å². The van der Waals surface area contributed by atoms with Gasteiger partial charge in [-0.25, -0.2) is 9.59 Å². The molecule has 1 heterocycles. The first kappa shape index (κ1) is 21.1. The van der Waals surface area contributed by atoms with Crippen molar-refractivity contribution in [2.75, 3.05) is 27.4 Å². The Morgan fingerprint density at radius 2 is 1.64 bits per heavy atom. The summed E-state index contributed by atoms with van der Waals surface area (Å²) >= 11 is 0. The van der Waals surface area contributed by atoms with Crippen molar-refractivity contribution in [3.63, 3.8) is 0 Å². The zero-order chi connectivity index (χ0) is 20.8. The molecular formula is C20H25NO7. The van der Waals surface area contributed by atoms with Crippen LogP contribution < -0.4 is 15.2 Å². The van der Waals surface area contributed by atoms with Crippen LogP contribution in [-0.4, -0.2) is 39.4 Å². The van der Waals surface area contributed by atoms with E-state index < -0.39 is 17.9 Å². The molecule has 1 aromatic rings. The molecule has 0 saturated heterocycles. The predicted octanol–water partition coefficient (Wildman–Crippen LogP) is 2.39. The standard InChI is InChI=1S/C20H25NO7/c1-6-26-19(22)15-11(3)28-18(21)17(20(23)27-7-2)16(15)13-9-8-12(24-4)10-14(13)25-5/h8-10,16H,6-7,21H2,1-5H3/t16-/m1/s1. The summed E-state index contributed by atoms with van der Waals surface area (Å²) in [4.78, 5) is 25.4. The fourth-order valence-electron chi connectivity index (χ4n) is 3.03. The van der Waals surface area contributed by atoms with Crippen molar-refractivity contribution < 1.29 is 33.3 Å². The highest BCUT2D eigenvalue weighted by Crippen LogP contribution is 2.44. The number of carbonyl (C=O) groups is 2. The summed E-state index contributed by atoms with van der Waals surface area (Å²) in [5, 5.41) is 0. The van der Waals surface area contributed by atoms with Gasteiger partial charge in [-0.15, -0.1) is 0 Å². The van der Waals surface area contributed by atoms with E-state index in [2.05, 4.69) is 0 Å². The van der Waals surface area contributed by atoms with E-state index >= 15 is 0 Å². The van der Waals surface area contributed by atoms with E-state index in [1.54, 1.807) is 39.0 Å². The van der Waals surface area contributed by atoms with Crippen molar-refractivity contribution in [3.05, 3.63) is 46.6 Å². The first-order valence-corrected chi connectivity index (χ1v) is 8.83. The number of ether oxygens (including phenoxy) is 5. The summed E-state index contributed by atoms with van der Waals surface area (Å²) in [5.41, 5.74) is 6.71. The van der Waals surface area contributed by atoms with Crippen LogP contribution in [-0.2, 0) is 23.8 Å². The number of hydrogen-bond donors (Lipinski definition) is 1. The maximum Gasteiger partial charge on any atom is 0.340 e. The third kappa shape index (κ3) is 4.05. The maximum atomic E-state index is 12.7. The number of benzene rings is 1. The molecule has 0 unspecified atom stereocenters. The first-order valence-electron chi connectivity index (χ1n) is 8.83. The molecule has 0 spiro atoms. The zero-order valence-corrected chi connectivity index (χ0v) is 16.7. The van der Waals surface area contributed by atoms with Crippen molar-refractivity contribution in [1.29, 1.82) is 0 Å². The van der Waals surface area contributed by atoms with Crippen LogP contribution in [0.3, 0.4) is 0 Å². The minimum Gasteiger partial charge on any atom is -0.497 e. The largest absolute Gasteiger partial charge is 0.497 e. The molecule has 0 radical (unpaired) electrons. The van der Waals surface area contributed by atoms with E-state index in [-0.39, 0.29) is 36.0 Å². The van der Waals surface area contributed by atoms with Gasteiger partial charge in [-0.3, -0.25) is 0 Å². The highest BCUT2D eigenvalue weighted by Gasteiger charge is 2.41. The Kier molecular flexibility index (Phi) is 6.92. The third-order valence-corrected chi connectivity index (χ3v) is 4.23. The molecule has 1 atom stereocenters. The van der Waals surface area contributed by atoms with E-state index in [4.69, 9.17) is 29.4 Å². The van der Waals surface area contributed by atoms with Crippen LogP contribution in [0.4, 0.5) is 0 Å². The molecule has 0 fully saturated rings. The van der Waals surface area contributed by atoms with Crippen molar-refractivity contribution in [2.24, 2.45) is 5.73 Å². The van der Waals surface area contributed by atoms with Crippen molar-refractivity contribution in [2.45, 2.75) is 26.7 Å². The average Bonchev–Trinajstić information content (AvgIpc) is 2.67. The molecule has 8 nitrogen and oxygen atoms in total. The van der Waals surface area contributed by atoms with Gasteiger partial charge in [0.1, 0.15) is 22.8 Å². The van der Waals surface area contributed by atoms with Crippen molar-refractivity contribution in [1.82, 2.24) is 0 Å². The second-order valence-electron chi connectivity index (χ2n) is 5.83. The van der Waals surface area contributed by atoms with Gasteiger partial charge >= 0.3 is 11.9 Å². The van der Waals surface area contributed by atoms with Crippen LogP contribution in [0.2, 0.25) is 0 Å². The Bertz CT molecular complexity index is 786. The summed E-state index contributed by atoms with van der Waals surface area (Å²) in [6, 6.07) is 5.05. The lowest BCUT2D eigenvalue weighted by molar-refractivity contribution is -0.140. The number of rotatable bonds is 7. The minimum atomic E-state index is -0.882. The molecule has 1 aromatic carbocycles. The Morgan fingerprint density at radius 3 is 2.18 bits per heavy atom. The van der Waals surface area contributed by atoms with Gasteiger partial charge in [-0.05, 0) is 26.8 Å². The second kappa shape index (κ2) is 9.16. The summed E-state index contributed by atoms with van der Waals surface area (Å²) in [7, 11) is 3.01. The number of esters is 2. The van der Waals surface area contributed by atoms with Crippen LogP contribution in [0.15, 0.2) is 41.0 Å². The molecule has 1 aliphatic heterocycles. The van der Waals surface area contributed by atoms with E-state index in [1.165, 1.54) is 14.2 Å². The van der Waals surface area contributed by atoms with Crippen molar-refractivity contribution in [3.8, 4) is 11.5 Å². The molecule has 2 rings (SSSR count). The molecular weight excluding hydrogens is 366 g/mol. The Hall–Kier alpha value is -3.16. The first-order chi connectivity index (χ1) is 13.4. The molecule has 152 valence electrons. The van der Waals surface area contributed by atoms with Gasteiger partial charge in [-0.1, -0.05) is 6.07 Å². The monoisotopic (exact) mass is 391 g/mol. The number of hydrogen-bond acceptors (Lipinski definition) is 8. The SMILES string of the molecule is CCOC(=O)C1=C(C)OC(N)=C(C(=O)OCC)[C@@H]1c1ccc(OC)cc1OC. The molecule has 2 N–H and O–H groups in total. The molecule has 8 heteroatoms. The summed E-state index contributed by atoms with van der Waals surface area (Å²) in [6.45, 7) is 5.26.